The van der Waals surface area contributed by atoms with Gasteiger partial charge in [0.25, 0.3) is 11.5 Å². The average Bonchev–Trinajstić information content (AvgIpc) is 3.38. The number of hydrogen-bond acceptors (Lipinski definition) is 5. The van der Waals surface area contributed by atoms with Crippen LogP contribution in [0.2, 0.25) is 0 Å². The summed E-state index contributed by atoms with van der Waals surface area (Å²) in [6.07, 6.45) is 0.612. The summed E-state index contributed by atoms with van der Waals surface area (Å²) in [5.41, 5.74) is 2.67. The van der Waals surface area contributed by atoms with Crippen molar-refractivity contribution in [3.8, 4) is 16.5 Å². The highest BCUT2D eigenvalue weighted by molar-refractivity contribution is 7.13. The van der Waals surface area contributed by atoms with Gasteiger partial charge in [0.2, 0.25) is 5.95 Å². The first-order valence-corrected chi connectivity index (χ1v) is 10.0. The number of aryl methyl sites for hydroxylation is 2. The third-order valence-electron chi connectivity index (χ3n) is 4.38. The molecule has 3 heterocycles. The quantitative estimate of drug-likeness (QED) is 0.528. The van der Waals surface area contributed by atoms with Crippen LogP contribution in [0.1, 0.15) is 28.5 Å². The predicted octanol–water partition coefficient (Wildman–Crippen LogP) is 3.81. The first kappa shape index (κ1) is 18.8. The molecule has 29 heavy (non-hydrogen) atoms. The molecule has 0 radical (unpaired) electrons. The Balaban J connectivity index is 1.77. The molecule has 0 fully saturated rings. The minimum absolute atomic E-state index is 0.261. The molecule has 0 bridgehead atoms. The average molecular weight is 405 g/mol. The van der Waals surface area contributed by atoms with Gasteiger partial charge in [-0.05, 0) is 36.9 Å². The smallest absolute Gasteiger partial charge is 0.256 e. The molecule has 4 aromatic rings. The molecule has 0 aliphatic rings. The molecule has 2 N–H and O–H groups in total. The van der Waals surface area contributed by atoms with E-state index in [4.69, 9.17) is 0 Å². The van der Waals surface area contributed by atoms with Crippen molar-refractivity contribution in [2.75, 3.05) is 5.32 Å². The van der Waals surface area contributed by atoms with E-state index in [-0.39, 0.29) is 17.4 Å². The number of anilines is 1. The zero-order valence-corrected chi connectivity index (χ0v) is 16.8. The van der Waals surface area contributed by atoms with Crippen molar-refractivity contribution < 1.29 is 4.79 Å². The molecule has 0 aliphatic carbocycles. The fourth-order valence-corrected chi connectivity index (χ4v) is 3.53. The van der Waals surface area contributed by atoms with E-state index in [0.29, 0.717) is 29.2 Å². The number of thiophene rings is 1. The maximum Gasteiger partial charge on any atom is 0.256 e. The van der Waals surface area contributed by atoms with Crippen molar-refractivity contribution >= 4 is 23.1 Å². The van der Waals surface area contributed by atoms with Gasteiger partial charge in [-0.3, -0.25) is 14.6 Å². The van der Waals surface area contributed by atoms with Crippen LogP contribution in [0.15, 0.2) is 58.7 Å². The second-order valence-corrected chi connectivity index (χ2v) is 7.49. The lowest BCUT2D eigenvalue weighted by Gasteiger charge is -2.09. The summed E-state index contributed by atoms with van der Waals surface area (Å²) in [5, 5.41) is 9.42. The van der Waals surface area contributed by atoms with Gasteiger partial charge in [0.1, 0.15) is 11.5 Å². The molecular formula is C21H19N5O2S. The highest BCUT2D eigenvalue weighted by Gasteiger charge is 2.17. The van der Waals surface area contributed by atoms with Crippen molar-refractivity contribution in [2.24, 2.45) is 0 Å². The maximum atomic E-state index is 12.8. The fraction of sp³-hybridized carbons (Fsp3) is 0.143. The summed E-state index contributed by atoms with van der Waals surface area (Å²) < 4.78 is 1.46. The van der Waals surface area contributed by atoms with Crippen LogP contribution in [0, 0.1) is 6.92 Å². The van der Waals surface area contributed by atoms with Crippen molar-refractivity contribution in [2.45, 2.75) is 20.3 Å². The summed E-state index contributed by atoms with van der Waals surface area (Å²) in [5.74, 6) is 0.421. The Morgan fingerprint density at radius 3 is 2.69 bits per heavy atom. The van der Waals surface area contributed by atoms with Gasteiger partial charge in [-0.25, -0.2) is 4.98 Å². The lowest BCUT2D eigenvalue weighted by Crippen LogP contribution is -2.19. The molecule has 0 unspecified atom stereocenters. The zero-order chi connectivity index (χ0) is 20.4. The van der Waals surface area contributed by atoms with Crippen molar-refractivity contribution in [1.82, 2.24) is 19.7 Å². The second kappa shape index (κ2) is 7.84. The minimum Gasteiger partial charge on any atom is -0.306 e. The molecule has 146 valence electrons. The van der Waals surface area contributed by atoms with Gasteiger partial charge < -0.3 is 5.32 Å². The number of carbonyl (C=O) groups is 1. The van der Waals surface area contributed by atoms with Gasteiger partial charge in [0, 0.05) is 23.4 Å². The van der Waals surface area contributed by atoms with Crippen molar-refractivity contribution in [1.29, 1.82) is 0 Å². The standard InChI is InChI=1S/C21H19N5O2S/c1-3-15-11-19(27)24-21(22-15)26-18(12-16(25-26)17-5-4-10-29-17)23-20(28)14-8-6-13(2)7-9-14/h4-12H,3H2,1-2H3,(H,23,28)(H,22,24,27). The summed E-state index contributed by atoms with van der Waals surface area (Å²) in [4.78, 5) is 32.9. The number of benzene rings is 1. The summed E-state index contributed by atoms with van der Waals surface area (Å²) in [6, 6.07) is 14.4. The van der Waals surface area contributed by atoms with Crippen LogP contribution >= 0.6 is 11.3 Å². The molecule has 4 rings (SSSR count). The van der Waals surface area contributed by atoms with Crippen molar-refractivity contribution in [3.63, 3.8) is 0 Å². The van der Waals surface area contributed by atoms with Crippen LogP contribution in [-0.4, -0.2) is 25.7 Å². The Morgan fingerprint density at radius 1 is 1.21 bits per heavy atom. The zero-order valence-electron chi connectivity index (χ0n) is 16.0. The van der Waals surface area contributed by atoms with E-state index in [9.17, 15) is 9.59 Å². The van der Waals surface area contributed by atoms with Gasteiger partial charge in [-0.1, -0.05) is 30.7 Å². The molecular weight excluding hydrogens is 386 g/mol. The van der Waals surface area contributed by atoms with Crippen LogP contribution in [0.25, 0.3) is 16.5 Å². The van der Waals surface area contributed by atoms with E-state index in [1.807, 2.05) is 43.5 Å². The van der Waals surface area contributed by atoms with Crippen LogP contribution in [0.5, 0.6) is 0 Å². The Morgan fingerprint density at radius 2 is 2.00 bits per heavy atom. The Bertz CT molecular complexity index is 1210. The number of carbonyl (C=O) groups excluding carboxylic acids is 1. The Kier molecular flexibility index (Phi) is 5.09. The van der Waals surface area contributed by atoms with E-state index in [0.717, 1.165) is 10.4 Å². The van der Waals surface area contributed by atoms with E-state index in [1.54, 1.807) is 29.5 Å². The fourth-order valence-electron chi connectivity index (χ4n) is 2.85. The normalized spacial score (nSPS) is 10.8. The largest absolute Gasteiger partial charge is 0.306 e. The van der Waals surface area contributed by atoms with Crippen molar-refractivity contribution in [3.05, 3.63) is 81.1 Å². The van der Waals surface area contributed by atoms with Crippen LogP contribution in [0.4, 0.5) is 5.82 Å². The molecule has 1 amide bonds. The van der Waals surface area contributed by atoms with Gasteiger partial charge in [0.15, 0.2) is 0 Å². The summed E-state index contributed by atoms with van der Waals surface area (Å²) in [7, 11) is 0. The molecule has 7 nitrogen and oxygen atoms in total. The Labute approximate surface area is 171 Å². The predicted molar refractivity (Wildman–Crippen MR) is 114 cm³/mol. The van der Waals surface area contributed by atoms with Gasteiger partial charge in [-0.2, -0.15) is 9.78 Å². The van der Waals surface area contributed by atoms with E-state index in [2.05, 4.69) is 20.4 Å². The monoisotopic (exact) mass is 405 g/mol. The molecule has 0 aliphatic heterocycles. The first-order valence-electron chi connectivity index (χ1n) is 9.16. The number of rotatable bonds is 5. The highest BCUT2D eigenvalue weighted by Crippen LogP contribution is 2.27. The summed E-state index contributed by atoms with van der Waals surface area (Å²) in [6.45, 7) is 3.89. The molecule has 1 aromatic carbocycles. The third kappa shape index (κ3) is 4.02. The topological polar surface area (TPSA) is 92.7 Å². The second-order valence-electron chi connectivity index (χ2n) is 6.54. The molecule has 0 saturated carbocycles. The summed E-state index contributed by atoms with van der Waals surface area (Å²) >= 11 is 1.54. The lowest BCUT2D eigenvalue weighted by atomic mass is 10.1. The van der Waals surface area contributed by atoms with Gasteiger partial charge in [-0.15, -0.1) is 11.3 Å². The SMILES string of the molecule is CCc1cc(=O)[nH]c(-n2nc(-c3cccs3)cc2NC(=O)c2ccc(C)cc2)n1. The molecule has 0 spiro atoms. The maximum absolute atomic E-state index is 12.8. The lowest BCUT2D eigenvalue weighted by molar-refractivity contribution is 0.102. The number of amides is 1. The highest BCUT2D eigenvalue weighted by atomic mass is 32.1. The van der Waals surface area contributed by atoms with E-state index in [1.165, 1.54) is 10.7 Å². The number of hydrogen-bond donors (Lipinski definition) is 2. The van der Waals surface area contributed by atoms with Crippen LogP contribution in [0.3, 0.4) is 0 Å². The number of aromatic amines is 1. The van der Waals surface area contributed by atoms with E-state index < -0.39 is 0 Å². The number of H-pyrrole nitrogens is 1. The van der Waals surface area contributed by atoms with Gasteiger partial charge >= 0.3 is 0 Å². The first-order chi connectivity index (χ1) is 14.0. The van der Waals surface area contributed by atoms with E-state index >= 15 is 0 Å². The number of nitrogens with zero attached hydrogens (tertiary/aromatic N) is 3. The van der Waals surface area contributed by atoms with Gasteiger partial charge in [0.05, 0.1) is 4.88 Å². The minimum atomic E-state index is -0.268. The number of aromatic nitrogens is 4. The molecule has 0 atom stereocenters. The molecule has 3 aromatic heterocycles. The molecule has 0 saturated heterocycles. The third-order valence-corrected chi connectivity index (χ3v) is 5.28. The molecule has 8 heteroatoms. The number of nitrogens with one attached hydrogen (secondary N) is 2. The van der Waals surface area contributed by atoms with Crippen LogP contribution in [-0.2, 0) is 6.42 Å². The van der Waals surface area contributed by atoms with Crippen LogP contribution < -0.4 is 10.9 Å². The Hall–Kier alpha value is -3.52.